The Hall–Kier alpha value is -11.1. The fourth-order valence-corrected chi connectivity index (χ4v) is 11.8. The molecule has 11 aromatic rings. The first kappa shape index (κ1) is 72.2. The zero-order valence-corrected chi connectivity index (χ0v) is 62.3. The molecule has 0 aliphatic carbocycles. The maximum Gasteiger partial charge on any atom is 0.240 e. The van der Waals surface area contributed by atoms with E-state index < -0.39 is 23.6 Å². The van der Waals surface area contributed by atoms with Crippen molar-refractivity contribution in [2.24, 2.45) is 0 Å². The molecular formula is C83H46N5O11WY2-5. The van der Waals surface area contributed by atoms with Crippen LogP contribution >= 0.6 is 0 Å². The Bertz CT molecular complexity index is 4950. The standard InChI is InChI=1S/C44H22N2O5.C29H16N2O4.C10H8NO2.W.2Y/c47-41-35-15-7-8-16-36(35)42(48)45(41)33-23-25-39(31(27-33)21-19-29-11-3-1-4-12-29)51-40-26-24-34(28-32(40)22-20-30-13-5-2-6-14-30)46-43(49)37-17-9-10-18-38(37)44(46)50;32-26-22-5-1-2-6-23(22)27(33)30(26)20-13-9-18(10-14-20)17-19-11-15-21(16-12-19)31-28(34)24-7-3-4-8-25(24)29(31)35;1-2-11-9(12)7-5-3-4-6-8(7)10(11)13;;;/h1-7,9,11-18,23-28H;1,3,5-16H,17H2;3,5-6H,2H2,1H3;;;/q2*-2;-1;;;. The van der Waals surface area contributed by atoms with Gasteiger partial charge in [-0.2, -0.15) is 121 Å². The van der Waals surface area contributed by atoms with E-state index in [0.717, 1.165) is 32.1 Å². The summed E-state index contributed by atoms with van der Waals surface area (Å²) in [5, 5.41) is 0. The maximum atomic E-state index is 13.3. The van der Waals surface area contributed by atoms with Crippen molar-refractivity contribution in [3.05, 3.63) is 356 Å². The van der Waals surface area contributed by atoms with E-state index in [1.165, 1.54) is 39.0 Å². The minimum atomic E-state index is -0.456. The van der Waals surface area contributed by atoms with Crippen molar-refractivity contribution in [1.82, 2.24) is 4.90 Å². The van der Waals surface area contributed by atoms with Crippen LogP contribution in [0, 0.1) is 54.0 Å². The van der Waals surface area contributed by atoms with Crippen molar-refractivity contribution in [2.45, 2.75) is 13.3 Å². The average Bonchev–Trinajstić information content (AvgIpc) is 1.61. The summed E-state index contributed by atoms with van der Waals surface area (Å²) in [6.07, 6.45) is 0.606. The molecule has 2 radical (unpaired) electrons. The molecule has 0 fully saturated rings. The number of imide groups is 5. The van der Waals surface area contributed by atoms with Crippen LogP contribution in [0.5, 0.6) is 11.5 Å². The second-order valence-corrected chi connectivity index (χ2v) is 22.7. The van der Waals surface area contributed by atoms with Crippen LogP contribution in [0.3, 0.4) is 0 Å². The van der Waals surface area contributed by atoms with Crippen LogP contribution in [0.2, 0.25) is 0 Å². The van der Waals surface area contributed by atoms with Gasteiger partial charge in [0.2, 0.25) is 59.1 Å². The molecule has 5 aliphatic rings. The van der Waals surface area contributed by atoms with Gasteiger partial charge in [0.25, 0.3) is 0 Å². The van der Waals surface area contributed by atoms with E-state index in [0.29, 0.717) is 103 Å². The minimum Gasteiger partial charge on any atom is -0.455 e. The molecule has 0 saturated carbocycles. The van der Waals surface area contributed by atoms with Gasteiger partial charge < -0.3 is 4.74 Å². The molecule has 19 heteroatoms. The number of fused-ring (bicyclic) bond motifs is 5. The molecule has 0 saturated heterocycles. The molecule has 5 heterocycles. The molecule has 16 rings (SSSR count). The monoisotopic (exact) mass is 1650 g/mol. The van der Waals surface area contributed by atoms with Crippen molar-refractivity contribution < 1.29 is 139 Å². The zero-order valence-electron chi connectivity index (χ0n) is 53.7. The van der Waals surface area contributed by atoms with Crippen LogP contribution in [0.25, 0.3) is 0 Å². The first-order valence-corrected chi connectivity index (χ1v) is 30.9. The van der Waals surface area contributed by atoms with Crippen LogP contribution in [0.1, 0.15) is 144 Å². The summed E-state index contributed by atoms with van der Waals surface area (Å²) in [6.45, 7) is 2.21. The second-order valence-electron chi connectivity index (χ2n) is 22.7. The van der Waals surface area contributed by atoms with Crippen molar-refractivity contribution in [2.75, 3.05) is 26.1 Å². The molecule has 102 heavy (non-hydrogen) atoms. The smallest absolute Gasteiger partial charge is 0.240 e. The number of ether oxygens (including phenoxy) is 1. The largest absolute Gasteiger partial charge is 0.455 e. The number of carbonyl (C=O) groups is 10. The van der Waals surface area contributed by atoms with Gasteiger partial charge in [0.1, 0.15) is 11.5 Å². The fourth-order valence-electron chi connectivity index (χ4n) is 11.8. The molecule has 0 atom stereocenters. The van der Waals surface area contributed by atoms with Gasteiger partial charge in [0, 0.05) is 104 Å². The van der Waals surface area contributed by atoms with Crippen LogP contribution in [0.15, 0.2) is 237 Å². The summed E-state index contributed by atoms with van der Waals surface area (Å²) >= 11 is 0. The molecule has 16 nitrogen and oxygen atoms in total. The molecule has 0 N–H and O–H groups in total. The maximum absolute atomic E-state index is 13.3. The predicted octanol–water partition coefficient (Wildman–Crippen LogP) is 13.1. The SMILES string of the molecule is CCN1C(=O)c2c[c-]ccc2C1=O.O=C1c2c[c-]ccc2C(=O)N1c1ccc(Cc2ccc(N3C(=O)c4c[c-]ccc4C3=O)cc2)cc1.O=C1c2c[c-]ccc2C(=O)N1c1ccc(Oc2ccc(N3C(=O)c4c[c-]ccc4C3=O)cc2C#Cc2ccccc2)c(C#Cc2ccccc2)c1.[W].[Y].[Y]. The number of anilines is 4. The quantitative estimate of drug-likeness (QED) is 0.0757. The van der Waals surface area contributed by atoms with Gasteiger partial charge in [0.15, 0.2) is 0 Å². The Morgan fingerprint density at radius 2 is 0.588 bits per heavy atom. The Morgan fingerprint density at radius 3 is 0.892 bits per heavy atom. The summed E-state index contributed by atoms with van der Waals surface area (Å²) < 4.78 is 6.49. The van der Waals surface area contributed by atoms with Gasteiger partial charge in [-0.15, -0.1) is 0 Å². The first-order valence-electron chi connectivity index (χ1n) is 30.9. The third kappa shape index (κ3) is 14.0. The van der Waals surface area contributed by atoms with E-state index in [-0.39, 0.29) is 133 Å². The third-order valence-corrected chi connectivity index (χ3v) is 16.7. The zero-order chi connectivity index (χ0) is 68.4. The van der Waals surface area contributed by atoms with E-state index in [2.05, 4.69) is 54.0 Å². The Kier molecular flexibility index (Phi) is 22.1. The van der Waals surface area contributed by atoms with E-state index in [1.807, 2.05) is 84.9 Å². The van der Waals surface area contributed by atoms with Crippen LogP contribution in [-0.2, 0) is 92.9 Å². The Balaban J connectivity index is 0.000000177. The second kappa shape index (κ2) is 31.2. The van der Waals surface area contributed by atoms with Crippen LogP contribution < -0.4 is 24.3 Å². The van der Waals surface area contributed by atoms with Gasteiger partial charge in [-0.3, -0.25) is 72.4 Å². The molecule has 0 unspecified atom stereocenters. The van der Waals surface area contributed by atoms with Crippen LogP contribution in [0.4, 0.5) is 22.7 Å². The number of rotatable bonds is 9. The summed E-state index contributed by atoms with van der Waals surface area (Å²) in [5.41, 5.74) is 9.56. The Labute approximate surface area is 650 Å². The number of nitrogens with zero attached hydrogens (tertiary/aromatic N) is 5. The normalized spacial score (nSPS) is 13.3. The van der Waals surface area contributed by atoms with E-state index in [4.69, 9.17) is 4.74 Å². The molecule has 10 amide bonds. The minimum absolute atomic E-state index is 0. The molecule has 5 aliphatic heterocycles. The van der Waals surface area contributed by atoms with Crippen molar-refractivity contribution in [1.29, 1.82) is 0 Å². The van der Waals surface area contributed by atoms with E-state index in [9.17, 15) is 47.9 Å². The number of hydrogen-bond acceptors (Lipinski definition) is 11. The molecule has 0 bridgehead atoms. The molecule has 0 spiro atoms. The number of carbonyl (C=O) groups excluding carboxylic acids is 10. The van der Waals surface area contributed by atoms with Crippen molar-refractivity contribution in [3.8, 4) is 35.2 Å². The summed E-state index contributed by atoms with van der Waals surface area (Å²) in [5.74, 6) is 9.65. The molecular weight excluding hydrogens is 1600 g/mol. The number of hydrogen-bond donors (Lipinski definition) is 0. The summed E-state index contributed by atoms with van der Waals surface area (Å²) in [7, 11) is 0. The van der Waals surface area contributed by atoms with E-state index >= 15 is 0 Å². The van der Waals surface area contributed by atoms with Gasteiger partial charge in [-0.1, -0.05) is 140 Å². The molecule has 486 valence electrons. The van der Waals surface area contributed by atoms with E-state index in [1.54, 1.807) is 134 Å². The number of amides is 10. The molecule has 11 aromatic carbocycles. The summed E-state index contributed by atoms with van der Waals surface area (Å²) in [6, 6.07) is 81.0. The first-order chi connectivity index (χ1) is 48.2. The Morgan fingerprint density at radius 1 is 0.314 bits per heavy atom. The van der Waals surface area contributed by atoms with Crippen molar-refractivity contribution in [3.63, 3.8) is 0 Å². The van der Waals surface area contributed by atoms with Crippen molar-refractivity contribution >= 4 is 81.8 Å². The summed E-state index contributed by atoms with van der Waals surface area (Å²) in [4.78, 5) is 133. The average molecular weight is 1650 g/mol. The van der Waals surface area contributed by atoms with Gasteiger partial charge in [-0.25, -0.2) is 0 Å². The third-order valence-electron chi connectivity index (χ3n) is 16.7. The van der Waals surface area contributed by atoms with Gasteiger partial charge in [0.05, 0.1) is 33.9 Å². The molecule has 0 aromatic heterocycles. The number of benzene rings is 11. The van der Waals surface area contributed by atoms with Crippen LogP contribution in [-0.4, -0.2) is 70.5 Å². The predicted molar refractivity (Wildman–Crippen MR) is 365 cm³/mol. The van der Waals surface area contributed by atoms with Gasteiger partial charge >= 0.3 is 0 Å². The fraction of sp³-hybridized carbons (Fsp3) is 0.0361. The van der Waals surface area contributed by atoms with Gasteiger partial charge in [-0.05, 0) is 109 Å². The topological polar surface area (TPSA) is 196 Å².